The van der Waals surface area contributed by atoms with E-state index in [1.807, 2.05) is 12.3 Å². The molecule has 1 amide bonds. The zero-order valence-corrected chi connectivity index (χ0v) is 16.7. The normalized spacial score (nSPS) is 17.7. The summed E-state index contributed by atoms with van der Waals surface area (Å²) in [6.07, 6.45) is 3.88. The molecular weight excluding hydrogens is 368 g/mol. The average Bonchev–Trinajstić information content (AvgIpc) is 2.71. The van der Waals surface area contributed by atoms with Gasteiger partial charge in [-0.2, -0.15) is 0 Å². The predicted molar refractivity (Wildman–Crippen MR) is 111 cm³/mol. The largest absolute Gasteiger partial charge is 0.508 e. The van der Waals surface area contributed by atoms with Gasteiger partial charge in [-0.25, -0.2) is 0 Å². The van der Waals surface area contributed by atoms with E-state index in [0.717, 1.165) is 38.3 Å². The highest BCUT2D eigenvalue weighted by Gasteiger charge is 2.24. The van der Waals surface area contributed by atoms with Crippen molar-refractivity contribution in [2.75, 3.05) is 32.7 Å². The van der Waals surface area contributed by atoms with Crippen molar-refractivity contribution in [3.63, 3.8) is 0 Å². The molecule has 1 aliphatic heterocycles. The molecule has 0 spiro atoms. The SMILES string of the molecule is NC(=O)[C@H](Cc1ccc(O)cc1)C[C@H](O)CN1CCN(Cc2cccnc2)CC1. The van der Waals surface area contributed by atoms with Crippen molar-refractivity contribution in [2.45, 2.75) is 25.5 Å². The molecule has 156 valence electrons. The van der Waals surface area contributed by atoms with E-state index in [0.29, 0.717) is 19.4 Å². The average molecular weight is 399 g/mol. The Balaban J connectivity index is 1.43. The number of β-amino-alcohol motifs (C(OH)–C–C–N with tert-alkyl or cyclic N) is 1. The molecule has 1 saturated heterocycles. The molecule has 3 rings (SSSR count). The number of aliphatic hydroxyl groups is 1. The van der Waals surface area contributed by atoms with Gasteiger partial charge in [0.2, 0.25) is 5.91 Å². The molecule has 7 nitrogen and oxygen atoms in total. The Hall–Kier alpha value is -2.48. The molecule has 2 heterocycles. The van der Waals surface area contributed by atoms with Crippen molar-refractivity contribution in [1.29, 1.82) is 0 Å². The third-order valence-corrected chi connectivity index (χ3v) is 5.44. The number of benzene rings is 1. The minimum Gasteiger partial charge on any atom is -0.508 e. The fraction of sp³-hybridized carbons (Fsp3) is 0.455. The summed E-state index contributed by atoms with van der Waals surface area (Å²) < 4.78 is 0. The van der Waals surface area contributed by atoms with Crippen LogP contribution < -0.4 is 5.73 Å². The molecule has 2 aromatic rings. The first-order valence-corrected chi connectivity index (χ1v) is 10.1. The van der Waals surface area contributed by atoms with Crippen LogP contribution in [0.3, 0.4) is 0 Å². The molecule has 4 N–H and O–H groups in total. The summed E-state index contributed by atoms with van der Waals surface area (Å²) in [6, 6.07) is 10.8. The molecule has 2 atom stereocenters. The van der Waals surface area contributed by atoms with E-state index in [1.54, 1.807) is 30.5 Å². The summed E-state index contributed by atoms with van der Waals surface area (Å²) in [5, 5.41) is 19.9. The minimum atomic E-state index is -0.602. The monoisotopic (exact) mass is 398 g/mol. The first-order chi connectivity index (χ1) is 14.0. The molecule has 1 aliphatic rings. The minimum absolute atomic E-state index is 0.187. The van der Waals surface area contributed by atoms with E-state index in [-0.39, 0.29) is 5.75 Å². The van der Waals surface area contributed by atoms with E-state index >= 15 is 0 Å². The van der Waals surface area contributed by atoms with Gasteiger partial charge in [-0.1, -0.05) is 18.2 Å². The van der Waals surface area contributed by atoms with Crippen LogP contribution in [0.25, 0.3) is 0 Å². The number of piperazine rings is 1. The van der Waals surface area contributed by atoms with Crippen LogP contribution in [0.2, 0.25) is 0 Å². The van der Waals surface area contributed by atoms with E-state index in [2.05, 4.69) is 20.9 Å². The van der Waals surface area contributed by atoms with Gasteiger partial charge in [-0.05, 0) is 42.2 Å². The number of nitrogens with zero attached hydrogens (tertiary/aromatic N) is 3. The molecule has 0 radical (unpaired) electrons. The lowest BCUT2D eigenvalue weighted by molar-refractivity contribution is -0.122. The number of amides is 1. The van der Waals surface area contributed by atoms with Crippen molar-refractivity contribution in [3.05, 3.63) is 59.9 Å². The van der Waals surface area contributed by atoms with E-state index in [9.17, 15) is 15.0 Å². The first-order valence-electron chi connectivity index (χ1n) is 10.1. The Labute approximate surface area is 171 Å². The molecular formula is C22H30N4O3. The molecule has 0 saturated carbocycles. The maximum atomic E-state index is 11.9. The molecule has 7 heteroatoms. The number of phenolic OH excluding ortho intramolecular Hbond substituents is 1. The summed E-state index contributed by atoms with van der Waals surface area (Å²) in [6.45, 7) is 5.08. The van der Waals surface area contributed by atoms with Gasteiger partial charge >= 0.3 is 0 Å². The Morgan fingerprint density at radius 1 is 1.07 bits per heavy atom. The number of primary amides is 1. The first kappa shape index (κ1) is 21.2. The van der Waals surface area contributed by atoms with Gasteiger partial charge in [0.25, 0.3) is 0 Å². The zero-order valence-electron chi connectivity index (χ0n) is 16.7. The van der Waals surface area contributed by atoms with Crippen LogP contribution in [0.5, 0.6) is 5.75 Å². The van der Waals surface area contributed by atoms with E-state index in [4.69, 9.17) is 5.73 Å². The second-order valence-electron chi connectivity index (χ2n) is 7.80. The van der Waals surface area contributed by atoms with Crippen LogP contribution in [0.1, 0.15) is 17.5 Å². The van der Waals surface area contributed by atoms with Crippen LogP contribution in [0, 0.1) is 5.92 Å². The molecule has 1 fully saturated rings. The number of phenols is 1. The fourth-order valence-corrected chi connectivity index (χ4v) is 3.80. The summed E-state index contributed by atoms with van der Waals surface area (Å²) in [5.41, 5.74) is 7.69. The number of hydrogen-bond acceptors (Lipinski definition) is 6. The third kappa shape index (κ3) is 6.81. The topological polar surface area (TPSA) is 103 Å². The second-order valence-corrected chi connectivity index (χ2v) is 7.80. The molecule has 0 unspecified atom stereocenters. The van der Waals surface area contributed by atoms with E-state index in [1.165, 1.54) is 5.56 Å². The quantitative estimate of drug-likeness (QED) is 0.582. The van der Waals surface area contributed by atoms with Gasteiger partial charge in [0, 0.05) is 57.6 Å². The molecule has 1 aromatic heterocycles. The lowest BCUT2D eigenvalue weighted by Crippen LogP contribution is -2.48. The number of aliphatic hydroxyl groups excluding tert-OH is 1. The van der Waals surface area contributed by atoms with Crippen LogP contribution >= 0.6 is 0 Å². The van der Waals surface area contributed by atoms with Crippen molar-refractivity contribution >= 4 is 5.91 Å². The lowest BCUT2D eigenvalue weighted by atomic mass is 9.92. The maximum absolute atomic E-state index is 11.9. The number of aromatic hydroxyl groups is 1. The standard InChI is InChI=1S/C22H30N4O3/c23-22(29)19(12-17-3-5-20(27)6-4-17)13-21(28)16-26-10-8-25(9-11-26)15-18-2-1-7-24-14-18/h1-7,14,19,21,27-28H,8-13,15-16H2,(H2,23,29)/t19-,21+/m1/s1. The zero-order chi connectivity index (χ0) is 20.6. The Morgan fingerprint density at radius 3 is 2.38 bits per heavy atom. The molecule has 29 heavy (non-hydrogen) atoms. The molecule has 1 aromatic carbocycles. The number of carbonyl (C=O) groups excluding carboxylic acids is 1. The smallest absolute Gasteiger partial charge is 0.220 e. The fourth-order valence-electron chi connectivity index (χ4n) is 3.80. The number of aromatic nitrogens is 1. The summed E-state index contributed by atoms with van der Waals surface area (Å²) in [7, 11) is 0. The molecule has 0 bridgehead atoms. The van der Waals surface area contributed by atoms with Gasteiger partial charge in [0.15, 0.2) is 0 Å². The van der Waals surface area contributed by atoms with Gasteiger partial charge in [-0.15, -0.1) is 0 Å². The maximum Gasteiger partial charge on any atom is 0.220 e. The van der Waals surface area contributed by atoms with Gasteiger partial charge in [0.1, 0.15) is 5.75 Å². The van der Waals surface area contributed by atoms with Gasteiger partial charge in [0.05, 0.1) is 6.10 Å². The van der Waals surface area contributed by atoms with Crippen LogP contribution in [-0.4, -0.2) is 69.7 Å². The third-order valence-electron chi connectivity index (χ3n) is 5.44. The summed E-state index contributed by atoms with van der Waals surface area (Å²) in [5.74, 6) is -0.646. The van der Waals surface area contributed by atoms with Crippen molar-refractivity contribution in [1.82, 2.24) is 14.8 Å². The summed E-state index contributed by atoms with van der Waals surface area (Å²) >= 11 is 0. The molecule has 0 aliphatic carbocycles. The number of rotatable bonds is 9. The van der Waals surface area contributed by atoms with E-state index < -0.39 is 17.9 Å². The van der Waals surface area contributed by atoms with Crippen LogP contribution in [0.15, 0.2) is 48.8 Å². The van der Waals surface area contributed by atoms with Crippen molar-refractivity contribution in [2.24, 2.45) is 11.7 Å². The second kappa shape index (κ2) is 10.3. The Morgan fingerprint density at radius 2 is 1.76 bits per heavy atom. The highest BCUT2D eigenvalue weighted by molar-refractivity contribution is 5.77. The lowest BCUT2D eigenvalue weighted by Gasteiger charge is -2.35. The summed E-state index contributed by atoms with van der Waals surface area (Å²) in [4.78, 5) is 20.6. The van der Waals surface area contributed by atoms with Crippen LogP contribution in [0.4, 0.5) is 0 Å². The highest BCUT2D eigenvalue weighted by atomic mass is 16.3. The highest BCUT2D eigenvalue weighted by Crippen LogP contribution is 2.18. The van der Waals surface area contributed by atoms with Crippen LogP contribution in [-0.2, 0) is 17.8 Å². The number of nitrogens with two attached hydrogens (primary N) is 1. The van der Waals surface area contributed by atoms with Crippen molar-refractivity contribution in [3.8, 4) is 5.75 Å². The Bertz CT molecular complexity index is 761. The Kier molecular flexibility index (Phi) is 7.57. The van der Waals surface area contributed by atoms with Gasteiger partial charge < -0.3 is 15.9 Å². The van der Waals surface area contributed by atoms with Gasteiger partial charge in [-0.3, -0.25) is 19.6 Å². The predicted octanol–water partition coefficient (Wildman–Crippen LogP) is 1.000. The number of pyridine rings is 1. The number of carbonyl (C=O) groups is 1. The van der Waals surface area contributed by atoms with Crippen molar-refractivity contribution < 1.29 is 15.0 Å². The number of hydrogen-bond donors (Lipinski definition) is 3.